The monoisotopic (exact) mass is 388 g/mol. The molecule has 1 heterocycles. The van der Waals surface area contributed by atoms with Crippen LogP contribution in [0.5, 0.6) is 0 Å². The summed E-state index contributed by atoms with van der Waals surface area (Å²) in [6.07, 6.45) is 0. The maximum absolute atomic E-state index is 11.7. The molecule has 0 amide bonds. The lowest BCUT2D eigenvalue weighted by Crippen LogP contribution is -2.53. The van der Waals surface area contributed by atoms with E-state index in [2.05, 4.69) is 0 Å². The summed E-state index contributed by atoms with van der Waals surface area (Å²) in [5.74, 6) is -1.24. The number of benzene rings is 2. The molecule has 1 fully saturated rings. The Hall–Kier alpha value is -2.05. The molecule has 25 heavy (non-hydrogen) atoms. The van der Waals surface area contributed by atoms with Crippen LogP contribution in [0.2, 0.25) is 0 Å². The van der Waals surface area contributed by atoms with Crippen molar-refractivity contribution in [1.82, 2.24) is 0 Å². The van der Waals surface area contributed by atoms with Gasteiger partial charge in [0.1, 0.15) is 5.41 Å². The first-order chi connectivity index (χ1) is 11.4. The van der Waals surface area contributed by atoms with Crippen LogP contribution in [0.4, 0.5) is 0 Å². The summed E-state index contributed by atoms with van der Waals surface area (Å²) < 4.78 is 69.1. The fourth-order valence-electron chi connectivity index (χ4n) is 2.73. The van der Waals surface area contributed by atoms with Crippen LogP contribution in [-0.2, 0) is 35.2 Å². The smallest absolute Gasteiger partial charge is 0.318 e. The van der Waals surface area contributed by atoms with Crippen molar-refractivity contribution < 1.29 is 40.6 Å². The van der Waals surface area contributed by atoms with Gasteiger partial charge in [-0.3, -0.25) is 13.9 Å². The van der Waals surface area contributed by atoms with Crippen molar-refractivity contribution in [2.24, 2.45) is 0 Å². The van der Waals surface area contributed by atoms with Crippen LogP contribution >= 0.6 is 0 Å². The molecular weight excluding hydrogens is 376 g/mol. The van der Waals surface area contributed by atoms with Crippen LogP contribution in [0.3, 0.4) is 0 Å². The molecule has 3 rings (SSSR count). The van der Waals surface area contributed by atoms with Gasteiger partial charge in [0.2, 0.25) is 0 Å². The van der Waals surface area contributed by atoms with Gasteiger partial charge in [-0.05, 0) is 40.6 Å². The van der Waals surface area contributed by atoms with Crippen molar-refractivity contribution >= 4 is 37.0 Å². The summed E-state index contributed by atoms with van der Waals surface area (Å²) in [5, 5.41) is 9.85. The van der Waals surface area contributed by atoms with Crippen LogP contribution in [0.1, 0.15) is 5.56 Å². The van der Waals surface area contributed by atoms with Gasteiger partial charge in [-0.1, -0.05) is 6.07 Å². The summed E-state index contributed by atoms with van der Waals surface area (Å²) in [6.45, 7) is -0.404. The lowest BCUT2D eigenvalue weighted by Gasteiger charge is -2.38. The molecule has 2 aromatic rings. The molecule has 0 spiro atoms. The van der Waals surface area contributed by atoms with Crippen molar-refractivity contribution in [2.75, 3.05) is 13.2 Å². The zero-order valence-corrected chi connectivity index (χ0v) is 14.0. The van der Waals surface area contributed by atoms with Gasteiger partial charge < -0.3 is 9.84 Å². The van der Waals surface area contributed by atoms with Crippen LogP contribution in [-0.4, -0.2) is 50.2 Å². The van der Waals surface area contributed by atoms with E-state index in [0.717, 1.165) is 24.3 Å². The van der Waals surface area contributed by atoms with Crippen LogP contribution in [0.15, 0.2) is 40.1 Å². The van der Waals surface area contributed by atoms with E-state index in [1.807, 2.05) is 0 Å². The fourth-order valence-corrected chi connectivity index (χ4v) is 3.78. The van der Waals surface area contributed by atoms with E-state index in [-0.39, 0.29) is 29.5 Å². The molecule has 0 aromatic heterocycles. The second-order valence-corrected chi connectivity index (χ2v) is 8.53. The van der Waals surface area contributed by atoms with Gasteiger partial charge in [0, 0.05) is 0 Å². The number of carboxylic acids is 1. The van der Waals surface area contributed by atoms with Gasteiger partial charge in [-0.2, -0.15) is 16.8 Å². The first-order valence-corrected chi connectivity index (χ1v) is 9.68. The van der Waals surface area contributed by atoms with Gasteiger partial charge >= 0.3 is 5.97 Å². The third-order valence-electron chi connectivity index (χ3n) is 4.12. The summed E-state index contributed by atoms with van der Waals surface area (Å²) in [7, 11) is -9.23. The first kappa shape index (κ1) is 17.8. The summed E-state index contributed by atoms with van der Waals surface area (Å²) in [6, 6.07) is 5.37. The van der Waals surface area contributed by atoms with Gasteiger partial charge in [0.05, 0.1) is 23.0 Å². The largest absolute Gasteiger partial charge is 0.480 e. The zero-order chi connectivity index (χ0) is 18.6. The minimum Gasteiger partial charge on any atom is -0.480 e. The van der Waals surface area contributed by atoms with Gasteiger partial charge in [-0.15, -0.1) is 0 Å². The van der Waals surface area contributed by atoms with Crippen molar-refractivity contribution in [1.29, 1.82) is 0 Å². The number of carbonyl (C=O) groups is 1. The number of hydrogen-bond donors (Lipinski definition) is 3. The number of hydrogen-bond acceptors (Lipinski definition) is 6. The minimum absolute atomic E-state index is 0.0350. The van der Waals surface area contributed by atoms with E-state index in [0.29, 0.717) is 0 Å². The molecule has 0 saturated carbocycles. The third-order valence-corrected chi connectivity index (χ3v) is 5.80. The Morgan fingerprint density at radius 2 is 1.52 bits per heavy atom. The highest BCUT2D eigenvalue weighted by molar-refractivity contribution is 7.86. The topological polar surface area (TPSA) is 155 Å². The first-order valence-electron chi connectivity index (χ1n) is 6.79. The molecule has 11 heteroatoms. The van der Waals surface area contributed by atoms with E-state index < -0.39 is 41.4 Å². The van der Waals surface area contributed by atoms with Crippen molar-refractivity contribution in [2.45, 2.75) is 15.2 Å². The van der Waals surface area contributed by atoms with Crippen LogP contribution in [0, 0.1) is 0 Å². The van der Waals surface area contributed by atoms with Crippen LogP contribution in [0.25, 0.3) is 10.8 Å². The number of carboxylic acid groups (broad SMARTS) is 1. The fraction of sp³-hybridized carbons (Fsp3) is 0.214. The van der Waals surface area contributed by atoms with E-state index in [9.17, 15) is 31.3 Å². The molecule has 134 valence electrons. The molecule has 9 nitrogen and oxygen atoms in total. The number of ether oxygens (including phenoxy) is 1. The predicted molar refractivity (Wildman–Crippen MR) is 83.7 cm³/mol. The van der Waals surface area contributed by atoms with Crippen LogP contribution < -0.4 is 0 Å². The molecule has 1 aliphatic heterocycles. The third kappa shape index (κ3) is 2.89. The van der Waals surface area contributed by atoms with Crippen molar-refractivity contribution in [3.05, 3.63) is 35.9 Å². The Morgan fingerprint density at radius 1 is 0.960 bits per heavy atom. The van der Waals surface area contributed by atoms with E-state index in [1.165, 1.54) is 6.07 Å². The number of fused-ring (bicyclic) bond motifs is 1. The maximum Gasteiger partial charge on any atom is 0.318 e. The number of rotatable bonds is 4. The molecule has 0 aliphatic carbocycles. The van der Waals surface area contributed by atoms with E-state index in [1.54, 1.807) is 0 Å². The highest BCUT2D eigenvalue weighted by atomic mass is 32.2. The number of aliphatic carboxylic acids is 1. The quantitative estimate of drug-likeness (QED) is 0.641. The second-order valence-electron chi connectivity index (χ2n) is 5.68. The van der Waals surface area contributed by atoms with E-state index in [4.69, 9.17) is 9.29 Å². The zero-order valence-electron chi connectivity index (χ0n) is 12.4. The molecule has 0 unspecified atom stereocenters. The minimum atomic E-state index is -4.68. The molecule has 2 aromatic carbocycles. The molecule has 1 aliphatic rings. The van der Waals surface area contributed by atoms with Gasteiger partial charge in [0.15, 0.2) is 0 Å². The summed E-state index contributed by atoms with van der Waals surface area (Å²) in [5.41, 5.74) is -1.45. The molecule has 0 bridgehead atoms. The summed E-state index contributed by atoms with van der Waals surface area (Å²) in [4.78, 5) is 10.6. The van der Waals surface area contributed by atoms with Crippen molar-refractivity contribution in [3.8, 4) is 0 Å². The summed E-state index contributed by atoms with van der Waals surface area (Å²) >= 11 is 0. The Morgan fingerprint density at radius 3 is 1.96 bits per heavy atom. The average Bonchev–Trinajstić information content (AvgIpc) is 2.42. The van der Waals surface area contributed by atoms with Gasteiger partial charge in [-0.25, -0.2) is 0 Å². The normalized spacial score (nSPS) is 17.2. The van der Waals surface area contributed by atoms with Gasteiger partial charge in [0.25, 0.3) is 20.2 Å². The highest BCUT2D eigenvalue weighted by Gasteiger charge is 2.49. The predicted octanol–water partition coefficient (Wildman–Crippen LogP) is 0.686. The Labute approximate surface area is 142 Å². The van der Waals surface area contributed by atoms with E-state index >= 15 is 0 Å². The standard InChI is InChI=1S/C14H12O9S2/c15-13(16)14(6-23-7-14)12-5-10(25(20,21)22)4-8-3-9(24(17,18)19)1-2-11(8)12/h1-5H,6-7H2,(H,15,16)(H,17,18,19)(H,20,21,22). The lowest BCUT2D eigenvalue weighted by molar-refractivity contribution is -0.162. The molecule has 3 N–H and O–H groups in total. The Bertz CT molecular complexity index is 1090. The SMILES string of the molecule is O=C(O)C1(c2cc(S(=O)(=O)O)cc3cc(S(=O)(=O)O)ccc23)COC1. The molecular formula is C14H12O9S2. The highest BCUT2D eigenvalue weighted by Crippen LogP contribution is 2.39. The molecule has 0 radical (unpaired) electrons. The maximum atomic E-state index is 11.7. The average molecular weight is 388 g/mol. The lowest BCUT2D eigenvalue weighted by atomic mass is 9.76. The Kier molecular flexibility index (Phi) is 3.89. The molecule has 0 atom stereocenters. The molecule has 1 saturated heterocycles. The Balaban J connectivity index is 2.41. The second kappa shape index (κ2) is 5.47. The van der Waals surface area contributed by atoms with Crippen molar-refractivity contribution in [3.63, 3.8) is 0 Å².